The Labute approximate surface area is 75.0 Å². The first-order valence-electron chi connectivity index (χ1n) is 4.55. The second-order valence-electron chi connectivity index (χ2n) is 3.27. The minimum Gasteiger partial charge on any atom is -0.352 e. The molecule has 0 unspecified atom stereocenters. The van der Waals surface area contributed by atoms with Crippen LogP contribution in [0.15, 0.2) is 11.6 Å². The lowest BCUT2D eigenvalue weighted by Crippen LogP contribution is -2.28. The molecule has 0 aromatic rings. The maximum Gasteiger partial charge on any atom is 0.246 e. The minimum absolute atomic E-state index is 0.0775. The van der Waals surface area contributed by atoms with Crippen LogP contribution in [0.4, 0.5) is 0 Å². The highest BCUT2D eigenvalue weighted by Gasteiger charge is 2.05. The van der Waals surface area contributed by atoms with Crippen LogP contribution in [0.1, 0.15) is 34.1 Å². The van der Waals surface area contributed by atoms with Crippen LogP contribution in [-0.2, 0) is 4.79 Å². The van der Waals surface area contributed by atoms with Crippen molar-refractivity contribution in [2.75, 3.05) is 6.54 Å². The van der Waals surface area contributed by atoms with Gasteiger partial charge >= 0.3 is 0 Å². The van der Waals surface area contributed by atoms with Gasteiger partial charge in [-0.2, -0.15) is 0 Å². The van der Waals surface area contributed by atoms with Crippen LogP contribution in [-0.4, -0.2) is 12.5 Å². The van der Waals surface area contributed by atoms with Crippen LogP contribution in [0, 0.1) is 5.92 Å². The van der Waals surface area contributed by atoms with Crippen LogP contribution >= 0.6 is 0 Å². The summed E-state index contributed by atoms with van der Waals surface area (Å²) in [6.07, 6.45) is 2.68. The Bertz CT molecular complexity index is 171. The van der Waals surface area contributed by atoms with Gasteiger partial charge in [-0.1, -0.05) is 26.8 Å². The van der Waals surface area contributed by atoms with E-state index < -0.39 is 0 Å². The number of allylic oxidation sites excluding steroid dienone is 1. The van der Waals surface area contributed by atoms with Crippen molar-refractivity contribution in [2.24, 2.45) is 5.92 Å². The Morgan fingerprint density at radius 2 is 2.08 bits per heavy atom. The van der Waals surface area contributed by atoms with E-state index in [1.807, 2.05) is 19.9 Å². The Morgan fingerprint density at radius 3 is 2.42 bits per heavy atom. The molecule has 0 saturated carbocycles. The number of hydrogen-bond donors (Lipinski definition) is 1. The van der Waals surface area contributed by atoms with E-state index in [9.17, 15) is 4.79 Å². The number of nitrogens with one attached hydrogen (secondary N) is 1. The number of carbonyl (C=O) groups is 1. The molecule has 0 radical (unpaired) electrons. The number of rotatable bonds is 4. The first-order chi connectivity index (χ1) is 5.61. The summed E-state index contributed by atoms with van der Waals surface area (Å²) in [5, 5.41) is 2.88. The predicted octanol–water partition coefficient (Wildman–Crippen LogP) is 2.11. The molecule has 0 aliphatic heterocycles. The molecule has 0 aliphatic rings. The van der Waals surface area contributed by atoms with E-state index in [-0.39, 0.29) is 5.91 Å². The van der Waals surface area contributed by atoms with Gasteiger partial charge in [-0.05, 0) is 19.3 Å². The lowest BCUT2D eigenvalue weighted by atomic mass is 10.1. The topological polar surface area (TPSA) is 29.1 Å². The van der Waals surface area contributed by atoms with Crippen molar-refractivity contribution in [3.05, 3.63) is 11.6 Å². The summed E-state index contributed by atoms with van der Waals surface area (Å²) in [4.78, 5) is 11.3. The van der Waals surface area contributed by atoms with Gasteiger partial charge < -0.3 is 5.32 Å². The van der Waals surface area contributed by atoms with Gasteiger partial charge in [0.15, 0.2) is 0 Å². The zero-order valence-corrected chi connectivity index (χ0v) is 8.48. The highest BCUT2D eigenvalue weighted by Crippen LogP contribution is 2.00. The maximum atomic E-state index is 11.3. The second-order valence-corrected chi connectivity index (χ2v) is 3.27. The molecule has 2 heteroatoms. The van der Waals surface area contributed by atoms with Crippen LogP contribution in [0.3, 0.4) is 0 Å². The summed E-state index contributed by atoms with van der Waals surface area (Å²) in [7, 11) is 0. The number of carbonyl (C=O) groups excluding carboxylic acids is 1. The molecular weight excluding hydrogens is 150 g/mol. The molecule has 0 rings (SSSR count). The smallest absolute Gasteiger partial charge is 0.246 e. The summed E-state index contributed by atoms with van der Waals surface area (Å²) in [6.45, 7) is 8.82. The SMILES string of the molecule is C/C=C(\CC)C(=O)NCC(C)C. The summed E-state index contributed by atoms with van der Waals surface area (Å²) < 4.78 is 0. The molecular formula is C10H19NO. The molecule has 70 valence electrons. The zero-order chi connectivity index (χ0) is 9.56. The fraction of sp³-hybridized carbons (Fsp3) is 0.700. The summed E-state index contributed by atoms with van der Waals surface area (Å²) in [6, 6.07) is 0. The predicted molar refractivity (Wildman–Crippen MR) is 51.9 cm³/mol. The molecule has 0 bridgehead atoms. The minimum atomic E-state index is 0.0775. The lowest BCUT2D eigenvalue weighted by Gasteiger charge is -2.08. The van der Waals surface area contributed by atoms with Crippen LogP contribution in [0.5, 0.6) is 0 Å². The van der Waals surface area contributed by atoms with Crippen molar-refractivity contribution >= 4 is 5.91 Å². The zero-order valence-electron chi connectivity index (χ0n) is 8.48. The molecule has 0 saturated heterocycles. The van der Waals surface area contributed by atoms with Gasteiger partial charge in [-0.3, -0.25) is 4.79 Å². The summed E-state index contributed by atoms with van der Waals surface area (Å²) in [5.41, 5.74) is 0.871. The molecule has 0 atom stereocenters. The number of hydrogen-bond acceptors (Lipinski definition) is 1. The molecule has 12 heavy (non-hydrogen) atoms. The normalized spacial score (nSPS) is 11.9. The van der Waals surface area contributed by atoms with Crippen molar-refractivity contribution in [1.29, 1.82) is 0 Å². The fourth-order valence-corrected chi connectivity index (χ4v) is 0.906. The molecule has 0 aromatic carbocycles. The van der Waals surface area contributed by atoms with Gasteiger partial charge in [0.1, 0.15) is 0 Å². The standard InChI is InChI=1S/C10H19NO/c1-5-9(6-2)10(12)11-7-8(3)4/h5,8H,6-7H2,1-4H3,(H,11,12)/b9-5+. The van der Waals surface area contributed by atoms with E-state index in [2.05, 4.69) is 19.2 Å². The third-order valence-electron chi connectivity index (χ3n) is 1.69. The third-order valence-corrected chi connectivity index (χ3v) is 1.69. The van der Waals surface area contributed by atoms with E-state index in [0.717, 1.165) is 18.5 Å². The Morgan fingerprint density at radius 1 is 1.50 bits per heavy atom. The third kappa shape index (κ3) is 4.16. The van der Waals surface area contributed by atoms with Gasteiger partial charge in [-0.25, -0.2) is 0 Å². The maximum absolute atomic E-state index is 11.3. The average molecular weight is 169 g/mol. The van der Waals surface area contributed by atoms with E-state index in [4.69, 9.17) is 0 Å². The fourth-order valence-electron chi connectivity index (χ4n) is 0.906. The van der Waals surface area contributed by atoms with Crippen molar-refractivity contribution in [3.8, 4) is 0 Å². The van der Waals surface area contributed by atoms with Gasteiger partial charge in [0.05, 0.1) is 0 Å². The number of amides is 1. The van der Waals surface area contributed by atoms with Gasteiger partial charge in [-0.15, -0.1) is 0 Å². The molecule has 2 nitrogen and oxygen atoms in total. The largest absolute Gasteiger partial charge is 0.352 e. The molecule has 0 fully saturated rings. The molecule has 0 aromatic heterocycles. The van der Waals surface area contributed by atoms with E-state index in [0.29, 0.717) is 5.92 Å². The van der Waals surface area contributed by atoms with Gasteiger partial charge in [0.2, 0.25) is 5.91 Å². The van der Waals surface area contributed by atoms with Crippen molar-refractivity contribution in [1.82, 2.24) is 5.32 Å². The molecule has 0 spiro atoms. The summed E-state index contributed by atoms with van der Waals surface area (Å²) in [5.74, 6) is 0.595. The van der Waals surface area contributed by atoms with E-state index >= 15 is 0 Å². The first kappa shape index (κ1) is 11.2. The first-order valence-corrected chi connectivity index (χ1v) is 4.55. The van der Waals surface area contributed by atoms with Crippen LogP contribution in [0.2, 0.25) is 0 Å². The van der Waals surface area contributed by atoms with Crippen LogP contribution in [0.25, 0.3) is 0 Å². The van der Waals surface area contributed by atoms with Gasteiger partial charge in [0.25, 0.3) is 0 Å². The van der Waals surface area contributed by atoms with Crippen LogP contribution < -0.4 is 5.32 Å². The Kier molecular flexibility index (Phi) is 5.43. The average Bonchev–Trinajstić information content (AvgIpc) is 2.03. The Hall–Kier alpha value is -0.790. The van der Waals surface area contributed by atoms with Gasteiger partial charge in [0, 0.05) is 12.1 Å². The highest BCUT2D eigenvalue weighted by atomic mass is 16.1. The molecule has 1 N–H and O–H groups in total. The summed E-state index contributed by atoms with van der Waals surface area (Å²) >= 11 is 0. The van der Waals surface area contributed by atoms with E-state index in [1.54, 1.807) is 0 Å². The molecule has 0 heterocycles. The van der Waals surface area contributed by atoms with E-state index in [1.165, 1.54) is 0 Å². The Balaban J connectivity index is 3.87. The van der Waals surface area contributed by atoms with Crippen molar-refractivity contribution < 1.29 is 4.79 Å². The molecule has 1 amide bonds. The van der Waals surface area contributed by atoms with Crippen molar-refractivity contribution in [2.45, 2.75) is 34.1 Å². The van der Waals surface area contributed by atoms with Crippen molar-refractivity contribution in [3.63, 3.8) is 0 Å². The quantitative estimate of drug-likeness (QED) is 0.642. The highest BCUT2D eigenvalue weighted by molar-refractivity contribution is 5.93. The lowest BCUT2D eigenvalue weighted by molar-refractivity contribution is -0.117. The second kappa shape index (κ2) is 5.81. The molecule has 0 aliphatic carbocycles. The monoisotopic (exact) mass is 169 g/mol.